The van der Waals surface area contributed by atoms with E-state index in [4.69, 9.17) is 4.74 Å². The van der Waals surface area contributed by atoms with Gasteiger partial charge in [0.25, 0.3) is 0 Å². The molecule has 1 atom stereocenters. The van der Waals surface area contributed by atoms with Crippen molar-refractivity contribution in [2.75, 3.05) is 18.1 Å². The fourth-order valence-corrected chi connectivity index (χ4v) is 4.27. The fraction of sp³-hybridized carbons (Fsp3) is 0.500. The molecule has 22 heavy (non-hydrogen) atoms. The highest BCUT2D eigenvalue weighted by Crippen LogP contribution is 2.40. The van der Waals surface area contributed by atoms with Gasteiger partial charge in [0.1, 0.15) is 5.75 Å². The normalized spacial score (nSPS) is 21.3. The monoisotopic (exact) mass is 411 g/mol. The van der Waals surface area contributed by atoms with Gasteiger partial charge in [0.05, 0.1) is 13.2 Å². The molecule has 4 heteroatoms. The number of rotatable bonds is 4. The second kappa shape index (κ2) is 6.60. The van der Waals surface area contributed by atoms with E-state index >= 15 is 0 Å². The number of carbonyl (C=O) groups is 1. The van der Waals surface area contributed by atoms with Crippen molar-refractivity contribution in [3.8, 4) is 5.75 Å². The summed E-state index contributed by atoms with van der Waals surface area (Å²) in [6, 6.07) is 6.84. The third-order valence-electron chi connectivity index (χ3n) is 4.88. The van der Waals surface area contributed by atoms with E-state index in [9.17, 15) is 4.79 Å². The van der Waals surface area contributed by atoms with Crippen LogP contribution in [0, 0.1) is 0 Å². The van der Waals surface area contributed by atoms with Crippen LogP contribution in [0.5, 0.6) is 5.75 Å². The van der Waals surface area contributed by atoms with Crippen molar-refractivity contribution in [3.63, 3.8) is 0 Å². The number of Topliss-reactive ketones (excluding diaryl/α,β-unsaturated/α-hetero) is 1. The molecule has 0 unspecified atom stereocenters. The molecular formula is C18H22INO2. The lowest BCUT2D eigenvalue weighted by atomic mass is 9.90. The van der Waals surface area contributed by atoms with Gasteiger partial charge in [-0.1, -0.05) is 28.7 Å². The number of nitrogens with zero attached hydrogens (tertiary/aromatic N) is 1. The van der Waals surface area contributed by atoms with Gasteiger partial charge in [0.2, 0.25) is 0 Å². The van der Waals surface area contributed by atoms with Crippen LogP contribution in [-0.4, -0.2) is 28.8 Å². The Morgan fingerprint density at radius 3 is 2.77 bits per heavy atom. The third kappa shape index (κ3) is 2.77. The Hall–Kier alpha value is -1.04. The van der Waals surface area contributed by atoms with E-state index in [0.29, 0.717) is 18.2 Å². The van der Waals surface area contributed by atoms with Gasteiger partial charge < -0.3 is 9.64 Å². The van der Waals surface area contributed by atoms with Gasteiger partial charge in [-0.15, -0.1) is 0 Å². The molecule has 0 radical (unpaired) electrons. The van der Waals surface area contributed by atoms with E-state index < -0.39 is 0 Å². The van der Waals surface area contributed by atoms with Crippen molar-refractivity contribution < 1.29 is 9.53 Å². The van der Waals surface area contributed by atoms with Crippen LogP contribution < -0.4 is 4.74 Å². The van der Waals surface area contributed by atoms with E-state index in [-0.39, 0.29) is 0 Å². The van der Waals surface area contributed by atoms with Gasteiger partial charge in [-0.05, 0) is 49.4 Å². The topological polar surface area (TPSA) is 29.5 Å². The number of fused-ring (bicyclic) bond motifs is 1. The van der Waals surface area contributed by atoms with Crippen molar-refractivity contribution >= 4 is 28.4 Å². The largest absolute Gasteiger partial charge is 0.497 e. The Kier molecular flexibility index (Phi) is 4.76. The van der Waals surface area contributed by atoms with Crippen molar-refractivity contribution in [1.29, 1.82) is 0 Å². The molecule has 2 aliphatic rings. The van der Waals surface area contributed by atoms with Crippen LogP contribution in [0.1, 0.15) is 43.4 Å². The maximum atomic E-state index is 11.9. The summed E-state index contributed by atoms with van der Waals surface area (Å²) in [6.07, 6.45) is 3.73. The van der Waals surface area contributed by atoms with E-state index in [0.717, 1.165) is 41.6 Å². The molecule has 0 aromatic heterocycles. The van der Waals surface area contributed by atoms with E-state index in [1.165, 1.54) is 16.8 Å². The Bertz CT molecular complexity index is 624. The average Bonchev–Trinajstić information content (AvgIpc) is 2.87. The highest BCUT2D eigenvalue weighted by Gasteiger charge is 2.32. The summed E-state index contributed by atoms with van der Waals surface area (Å²) in [5.41, 5.74) is 5.06. The molecule has 3 nitrogen and oxygen atoms in total. The number of hydrogen-bond donors (Lipinski definition) is 0. The molecule has 1 aliphatic carbocycles. The Morgan fingerprint density at radius 2 is 2.14 bits per heavy atom. The summed E-state index contributed by atoms with van der Waals surface area (Å²) in [5, 5.41) is 0. The summed E-state index contributed by atoms with van der Waals surface area (Å²) in [6.45, 7) is 3.00. The fourth-order valence-electron chi connectivity index (χ4n) is 3.68. The van der Waals surface area contributed by atoms with Crippen LogP contribution in [0.4, 0.5) is 0 Å². The predicted octanol–water partition coefficient (Wildman–Crippen LogP) is 4.06. The smallest absolute Gasteiger partial charge is 0.160 e. The van der Waals surface area contributed by atoms with Gasteiger partial charge >= 0.3 is 0 Å². The number of carbonyl (C=O) groups excluding carboxylic acids is 1. The molecule has 1 aliphatic heterocycles. The first-order chi connectivity index (χ1) is 10.7. The Labute approximate surface area is 145 Å². The first kappa shape index (κ1) is 15.8. The molecule has 1 aromatic rings. The summed E-state index contributed by atoms with van der Waals surface area (Å²) in [5.74, 6) is 1.26. The minimum atomic E-state index is 0.323. The molecule has 0 saturated carbocycles. The van der Waals surface area contributed by atoms with Gasteiger partial charge in [-0.2, -0.15) is 0 Å². The average molecular weight is 411 g/mol. The molecule has 3 rings (SSSR count). The van der Waals surface area contributed by atoms with Crippen molar-refractivity contribution in [3.05, 3.63) is 40.6 Å². The maximum Gasteiger partial charge on any atom is 0.160 e. The van der Waals surface area contributed by atoms with Crippen molar-refractivity contribution in [1.82, 2.24) is 4.90 Å². The zero-order valence-electron chi connectivity index (χ0n) is 13.2. The highest BCUT2D eigenvalue weighted by molar-refractivity contribution is 14.1. The van der Waals surface area contributed by atoms with E-state index in [1.807, 2.05) is 6.92 Å². The third-order valence-corrected chi connectivity index (χ3v) is 5.50. The predicted molar refractivity (Wildman–Crippen MR) is 96.6 cm³/mol. The van der Waals surface area contributed by atoms with Crippen LogP contribution in [0.25, 0.3) is 0 Å². The standard InChI is InChI=1S/C18H22INO2/c1-12-16(5-6-18(12)21)20-10-8-13-11-14(22-2)3-4-15(13)17(20)7-9-19/h3-4,11,17H,5-10H2,1-2H3/t17-/m1/s1. The molecule has 0 fully saturated rings. The van der Waals surface area contributed by atoms with Crippen LogP contribution >= 0.6 is 22.6 Å². The molecule has 0 spiro atoms. The van der Waals surface area contributed by atoms with Gasteiger partial charge in [-0.25, -0.2) is 0 Å². The summed E-state index contributed by atoms with van der Waals surface area (Å²) in [4.78, 5) is 14.4. The molecule has 1 heterocycles. The van der Waals surface area contributed by atoms with Crippen molar-refractivity contribution in [2.45, 2.75) is 38.6 Å². The van der Waals surface area contributed by atoms with Crippen LogP contribution in [-0.2, 0) is 11.2 Å². The van der Waals surface area contributed by atoms with Crippen molar-refractivity contribution in [2.24, 2.45) is 0 Å². The lowest BCUT2D eigenvalue weighted by molar-refractivity contribution is -0.114. The number of methoxy groups -OCH3 is 1. The number of allylic oxidation sites excluding steroid dienone is 2. The quantitative estimate of drug-likeness (QED) is 0.553. The summed E-state index contributed by atoms with van der Waals surface area (Å²) >= 11 is 2.45. The molecule has 0 amide bonds. The number of ketones is 1. The van der Waals surface area contributed by atoms with Crippen LogP contribution in [0.2, 0.25) is 0 Å². The Morgan fingerprint density at radius 1 is 1.32 bits per heavy atom. The summed E-state index contributed by atoms with van der Waals surface area (Å²) in [7, 11) is 1.72. The molecular weight excluding hydrogens is 389 g/mol. The zero-order chi connectivity index (χ0) is 15.7. The van der Waals surface area contributed by atoms with Crippen LogP contribution in [0.3, 0.4) is 0 Å². The molecule has 0 N–H and O–H groups in total. The molecule has 118 valence electrons. The number of halogens is 1. The second-order valence-electron chi connectivity index (χ2n) is 6.00. The van der Waals surface area contributed by atoms with Gasteiger partial charge in [0, 0.05) is 28.7 Å². The lowest BCUT2D eigenvalue weighted by Crippen LogP contribution is -2.35. The summed E-state index contributed by atoms with van der Waals surface area (Å²) < 4.78 is 6.48. The van der Waals surface area contributed by atoms with E-state index in [1.54, 1.807) is 7.11 Å². The Balaban J connectivity index is 1.98. The van der Waals surface area contributed by atoms with Gasteiger partial charge in [0.15, 0.2) is 5.78 Å². The van der Waals surface area contributed by atoms with Gasteiger partial charge in [-0.3, -0.25) is 4.79 Å². The molecule has 0 saturated heterocycles. The first-order valence-electron chi connectivity index (χ1n) is 7.88. The SMILES string of the molecule is COc1ccc2c(c1)CCN(C1=C(C)C(=O)CC1)[C@@H]2CCI. The van der Waals surface area contributed by atoms with E-state index in [2.05, 4.69) is 45.7 Å². The minimum absolute atomic E-state index is 0.323. The first-order valence-corrected chi connectivity index (χ1v) is 9.40. The lowest BCUT2D eigenvalue weighted by Gasteiger charge is -2.40. The number of ether oxygens (including phenoxy) is 1. The molecule has 1 aromatic carbocycles. The number of alkyl halides is 1. The number of hydrogen-bond acceptors (Lipinski definition) is 3. The maximum absolute atomic E-state index is 11.9. The zero-order valence-corrected chi connectivity index (χ0v) is 15.4. The van der Waals surface area contributed by atoms with Crippen LogP contribution in [0.15, 0.2) is 29.5 Å². The highest BCUT2D eigenvalue weighted by atomic mass is 127. The number of benzene rings is 1. The second-order valence-corrected chi connectivity index (χ2v) is 7.08. The minimum Gasteiger partial charge on any atom is -0.497 e. The molecule has 0 bridgehead atoms.